The van der Waals surface area contributed by atoms with Crippen molar-refractivity contribution in [3.8, 4) is 0 Å². The Labute approximate surface area is 76.2 Å². The molecule has 0 saturated carbocycles. The van der Waals surface area contributed by atoms with Crippen LogP contribution in [-0.4, -0.2) is 49.5 Å². The first-order valence-electron chi connectivity index (χ1n) is 3.64. The zero-order valence-corrected chi connectivity index (χ0v) is 7.93. The molecule has 0 heterocycles. The van der Waals surface area contributed by atoms with Crippen molar-refractivity contribution in [1.29, 1.82) is 0 Å². The lowest BCUT2D eigenvalue weighted by Gasteiger charge is -2.01. The van der Waals surface area contributed by atoms with Crippen molar-refractivity contribution in [2.24, 2.45) is 0 Å². The number of hydrogen-bond donors (Lipinski definition) is 1. The monoisotopic (exact) mass is 194 g/mol. The second-order valence-corrected chi connectivity index (χ2v) is 3.14. The van der Waals surface area contributed by atoms with Gasteiger partial charge in [0.05, 0.1) is 19.8 Å². The zero-order chi connectivity index (χ0) is 9.23. The van der Waals surface area contributed by atoms with Gasteiger partial charge in [0.15, 0.2) is 0 Å². The molecule has 0 aromatic rings. The summed E-state index contributed by atoms with van der Waals surface area (Å²) >= 11 is 1.08. The summed E-state index contributed by atoms with van der Waals surface area (Å²) in [5.41, 5.74) is 0. The number of thioether (sulfide) groups is 1. The molecule has 12 heavy (non-hydrogen) atoms. The van der Waals surface area contributed by atoms with Crippen LogP contribution in [0.1, 0.15) is 0 Å². The highest BCUT2D eigenvalue weighted by atomic mass is 32.2. The Bertz CT molecular complexity index is 118. The molecular weight excluding hydrogens is 180 g/mol. The Kier molecular flexibility index (Phi) is 8.92. The van der Waals surface area contributed by atoms with Crippen LogP contribution in [0.4, 0.5) is 0 Å². The van der Waals surface area contributed by atoms with Gasteiger partial charge in [-0.15, -0.1) is 0 Å². The van der Waals surface area contributed by atoms with Gasteiger partial charge in [0.1, 0.15) is 6.61 Å². The topological polar surface area (TPSA) is 55.8 Å². The average Bonchev–Trinajstić information content (AvgIpc) is 2.09. The van der Waals surface area contributed by atoms with Crippen molar-refractivity contribution in [2.45, 2.75) is 0 Å². The van der Waals surface area contributed by atoms with Gasteiger partial charge in [-0.2, -0.15) is 0 Å². The summed E-state index contributed by atoms with van der Waals surface area (Å²) in [4.78, 5) is 10.9. The van der Waals surface area contributed by atoms with Gasteiger partial charge in [-0.05, 0) is 0 Å². The molecule has 0 aliphatic carbocycles. The average molecular weight is 194 g/mol. The SMILES string of the molecule is COCCOCC(=O)SCCO. The van der Waals surface area contributed by atoms with Crippen molar-refractivity contribution in [2.75, 3.05) is 39.3 Å². The molecule has 5 heteroatoms. The predicted molar refractivity (Wildman–Crippen MR) is 47.2 cm³/mol. The van der Waals surface area contributed by atoms with Crippen LogP contribution >= 0.6 is 11.8 Å². The van der Waals surface area contributed by atoms with Crippen molar-refractivity contribution in [3.63, 3.8) is 0 Å². The second kappa shape index (κ2) is 8.99. The van der Waals surface area contributed by atoms with Gasteiger partial charge >= 0.3 is 0 Å². The molecule has 0 rings (SSSR count). The number of aliphatic hydroxyl groups is 1. The smallest absolute Gasteiger partial charge is 0.214 e. The standard InChI is InChI=1S/C7H14O4S/c1-10-3-4-11-6-7(9)12-5-2-8/h8H,2-6H2,1H3. The van der Waals surface area contributed by atoms with E-state index in [1.165, 1.54) is 0 Å². The molecule has 0 saturated heterocycles. The second-order valence-electron chi connectivity index (χ2n) is 1.99. The number of ether oxygens (including phenoxy) is 2. The van der Waals surface area contributed by atoms with E-state index in [4.69, 9.17) is 14.6 Å². The number of carbonyl (C=O) groups excluding carboxylic acids is 1. The minimum absolute atomic E-state index is 0.0223. The van der Waals surface area contributed by atoms with Gasteiger partial charge in [0.2, 0.25) is 5.12 Å². The lowest BCUT2D eigenvalue weighted by molar-refractivity contribution is -0.115. The summed E-state index contributed by atoms with van der Waals surface area (Å²) in [6, 6.07) is 0. The van der Waals surface area contributed by atoms with Crippen molar-refractivity contribution < 1.29 is 19.4 Å². The normalized spacial score (nSPS) is 10.2. The van der Waals surface area contributed by atoms with Gasteiger partial charge < -0.3 is 14.6 Å². The molecule has 1 N–H and O–H groups in total. The highest BCUT2D eigenvalue weighted by molar-refractivity contribution is 8.13. The van der Waals surface area contributed by atoms with Gasteiger partial charge in [0.25, 0.3) is 0 Å². The fraction of sp³-hybridized carbons (Fsp3) is 0.857. The van der Waals surface area contributed by atoms with E-state index in [0.717, 1.165) is 11.8 Å². The van der Waals surface area contributed by atoms with Crippen LogP contribution in [-0.2, 0) is 14.3 Å². The summed E-state index contributed by atoms with van der Waals surface area (Å²) in [5, 5.41) is 8.34. The highest BCUT2D eigenvalue weighted by Crippen LogP contribution is 2.00. The molecular formula is C7H14O4S. The van der Waals surface area contributed by atoms with E-state index >= 15 is 0 Å². The van der Waals surface area contributed by atoms with Gasteiger partial charge in [-0.3, -0.25) is 4.79 Å². The molecule has 0 aromatic carbocycles. The zero-order valence-electron chi connectivity index (χ0n) is 7.12. The van der Waals surface area contributed by atoms with Crippen LogP contribution in [0.3, 0.4) is 0 Å². The van der Waals surface area contributed by atoms with E-state index in [9.17, 15) is 4.79 Å². The fourth-order valence-electron chi connectivity index (χ4n) is 0.499. The molecule has 0 aliphatic heterocycles. The molecule has 0 spiro atoms. The Morgan fingerprint density at radius 3 is 2.83 bits per heavy atom. The van der Waals surface area contributed by atoms with E-state index < -0.39 is 0 Å². The fourth-order valence-corrected chi connectivity index (χ4v) is 0.985. The third-order valence-electron chi connectivity index (χ3n) is 1.01. The predicted octanol–water partition coefficient (Wildman–Crippen LogP) is -0.0985. The number of methoxy groups -OCH3 is 1. The van der Waals surface area contributed by atoms with E-state index in [1.807, 2.05) is 0 Å². The van der Waals surface area contributed by atoms with Gasteiger partial charge in [-0.25, -0.2) is 0 Å². The summed E-state index contributed by atoms with van der Waals surface area (Å²) < 4.78 is 9.68. The summed E-state index contributed by atoms with van der Waals surface area (Å²) in [7, 11) is 1.58. The lowest BCUT2D eigenvalue weighted by atomic mass is 10.7. The number of hydrogen-bond acceptors (Lipinski definition) is 5. The molecule has 4 nitrogen and oxygen atoms in total. The molecule has 0 fully saturated rings. The number of carbonyl (C=O) groups is 1. The van der Waals surface area contributed by atoms with Gasteiger partial charge in [0, 0.05) is 12.9 Å². The Morgan fingerprint density at radius 2 is 2.25 bits per heavy atom. The van der Waals surface area contributed by atoms with Crippen molar-refractivity contribution in [3.05, 3.63) is 0 Å². The van der Waals surface area contributed by atoms with Crippen molar-refractivity contribution in [1.82, 2.24) is 0 Å². The molecule has 0 radical (unpaired) electrons. The lowest BCUT2D eigenvalue weighted by Crippen LogP contribution is -2.09. The first-order chi connectivity index (χ1) is 5.81. The van der Waals surface area contributed by atoms with E-state index in [2.05, 4.69) is 0 Å². The summed E-state index contributed by atoms with van der Waals surface area (Å²) in [6.07, 6.45) is 0. The van der Waals surface area contributed by atoms with Crippen LogP contribution in [0, 0.1) is 0 Å². The van der Waals surface area contributed by atoms with Gasteiger partial charge in [-0.1, -0.05) is 11.8 Å². The quantitative estimate of drug-likeness (QED) is 0.574. The molecule has 0 aliphatic rings. The first kappa shape index (κ1) is 11.9. The first-order valence-corrected chi connectivity index (χ1v) is 4.63. The van der Waals surface area contributed by atoms with Crippen LogP contribution < -0.4 is 0 Å². The summed E-state index contributed by atoms with van der Waals surface area (Å²) in [6.45, 7) is 1.04. The molecule has 72 valence electrons. The van der Waals surface area contributed by atoms with Crippen LogP contribution in [0.5, 0.6) is 0 Å². The maximum absolute atomic E-state index is 10.9. The molecule has 0 aromatic heterocycles. The minimum Gasteiger partial charge on any atom is -0.396 e. The van der Waals surface area contributed by atoms with Crippen molar-refractivity contribution >= 4 is 16.9 Å². The van der Waals surface area contributed by atoms with E-state index in [1.54, 1.807) is 7.11 Å². The Balaban J connectivity index is 3.08. The third-order valence-corrected chi connectivity index (χ3v) is 1.83. The number of rotatable bonds is 7. The molecule has 0 atom stereocenters. The number of aliphatic hydroxyl groups excluding tert-OH is 1. The highest BCUT2D eigenvalue weighted by Gasteiger charge is 2.00. The van der Waals surface area contributed by atoms with Crippen LogP contribution in [0.2, 0.25) is 0 Å². The van der Waals surface area contributed by atoms with E-state index in [0.29, 0.717) is 19.0 Å². The minimum atomic E-state index is -0.0554. The largest absolute Gasteiger partial charge is 0.396 e. The molecule has 0 bridgehead atoms. The Hall–Kier alpha value is -0.100. The maximum atomic E-state index is 10.9. The van der Waals surface area contributed by atoms with Crippen LogP contribution in [0.25, 0.3) is 0 Å². The summed E-state index contributed by atoms with van der Waals surface area (Å²) in [5.74, 6) is 0.437. The maximum Gasteiger partial charge on any atom is 0.214 e. The molecule has 0 amide bonds. The van der Waals surface area contributed by atoms with Crippen LogP contribution in [0.15, 0.2) is 0 Å². The van der Waals surface area contributed by atoms with E-state index in [-0.39, 0.29) is 18.3 Å². The third kappa shape index (κ3) is 8.00. The Morgan fingerprint density at radius 1 is 1.50 bits per heavy atom. The molecule has 0 unspecified atom stereocenters.